The van der Waals surface area contributed by atoms with E-state index in [2.05, 4.69) is 5.32 Å². The Morgan fingerprint density at radius 2 is 1.83 bits per heavy atom. The molecule has 0 heterocycles. The largest absolute Gasteiger partial charge is 0.474 e. The molecule has 0 saturated carbocycles. The number of aliphatic hydroxyl groups is 1. The summed E-state index contributed by atoms with van der Waals surface area (Å²) in [7, 11) is 0. The summed E-state index contributed by atoms with van der Waals surface area (Å²) in [5, 5.41) is 21.5. The highest BCUT2D eigenvalue weighted by molar-refractivity contribution is 6.31. The fourth-order valence-corrected chi connectivity index (χ4v) is 3.04. The predicted molar refractivity (Wildman–Crippen MR) is 107 cm³/mol. The zero-order chi connectivity index (χ0) is 22.3. The lowest BCUT2D eigenvalue weighted by molar-refractivity contribution is -0.154. The number of hydrogen-bond acceptors (Lipinski definition) is 5. The standard InChI is InChI=1S/C21H21ClFNO6/c1-2-30-21(29)18(25)11-15(24-19(26)20(27)28)9-12-3-5-13(6-4-12)16-10-14(22)7-8-17(16)23/h3-8,10,15,18,25H,2,9,11H2,1H3,(H,24,26)(H,27,28)/t15-,18-/m1/s1. The summed E-state index contributed by atoms with van der Waals surface area (Å²) in [5.74, 6) is -4.23. The average molecular weight is 438 g/mol. The van der Waals surface area contributed by atoms with E-state index in [0.717, 1.165) is 0 Å². The van der Waals surface area contributed by atoms with Crippen molar-refractivity contribution in [2.75, 3.05) is 6.61 Å². The molecule has 0 bridgehead atoms. The molecule has 0 aliphatic carbocycles. The van der Waals surface area contributed by atoms with E-state index >= 15 is 0 Å². The second-order valence-corrected chi connectivity index (χ2v) is 6.94. The molecule has 0 aliphatic rings. The third-order valence-electron chi connectivity index (χ3n) is 4.27. The molecule has 0 aliphatic heterocycles. The molecule has 2 aromatic carbocycles. The van der Waals surface area contributed by atoms with Crippen molar-refractivity contribution in [3.8, 4) is 11.1 Å². The summed E-state index contributed by atoms with van der Waals surface area (Å²) in [6.07, 6.45) is -1.63. The number of ether oxygens (including phenoxy) is 1. The van der Waals surface area contributed by atoms with Crippen LogP contribution in [0.4, 0.5) is 4.39 Å². The van der Waals surface area contributed by atoms with E-state index in [-0.39, 0.29) is 19.4 Å². The van der Waals surface area contributed by atoms with Gasteiger partial charge in [-0.15, -0.1) is 0 Å². The molecule has 2 rings (SSSR count). The summed E-state index contributed by atoms with van der Waals surface area (Å²) in [5.41, 5.74) is 1.58. The number of aliphatic hydroxyl groups excluding tert-OH is 1. The van der Waals surface area contributed by atoms with Crippen molar-refractivity contribution in [3.63, 3.8) is 0 Å². The van der Waals surface area contributed by atoms with Gasteiger partial charge >= 0.3 is 17.8 Å². The topological polar surface area (TPSA) is 113 Å². The first-order valence-electron chi connectivity index (χ1n) is 9.14. The van der Waals surface area contributed by atoms with E-state index in [9.17, 15) is 23.9 Å². The molecular weight excluding hydrogens is 417 g/mol. The summed E-state index contributed by atoms with van der Waals surface area (Å²) in [4.78, 5) is 34.1. The summed E-state index contributed by atoms with van der Waals surface area (Å²) in [6.45, 7) is 1.65. The van der Waals surface area contributed by atoms with Gasteiger partial charge in [0.15, 0.2) is 6.10 Å². The van der Waals surface area contributed by atoms with Crippen molar-refractivity contribution in [1.29, 1.82) is 0 Å². The zero-order valence-electron chi connectivity index (χ0n) is 16.1. The Morgan fingerprint density at radius 3 is 2.43 bits per heavy atom. The highest BCUT2D eigenvalue weighted by Gasteiger charge is 2.25. The lowest BCUT2D eigenvalue weighted by Crippen LogP contribution is -2.43. The third kappa shape index (κ3) is 6.53. The van der Waals surface area contributed by atoms with Crippen LogP contribution in [0.1, 0.15) is 18.9 Å². The predicted octanol–water partition coefficient (Wildman–Crippen LogP) is 2.57. The van der Waals surface area contributed by atoms with Crippen molar-refractivity contribution < 1.29 is 33.7 Å². The van der Waals surface area contributed by atoms with Crippen molar-refractivity contribution >= 4 is 29.4 Å². The third-order valence-corrected chi connectivity index (χ3v) is 4.51. The second kappa shape index (κ2) is 10.7. The van der Waals surface area contributed by atoms with Crippen molar-refractivity contribution in [3.05, 3.63) is 58.9 Å². The van der Waals surface area contributed by atoms with Gasteiger partial charge in [-0.05, 0) is 42.7 Å². The summed E-state index contributed by atoms with van der Waals surface area (Å²) >= 11 is 5.92. The number of nitrogens with one attached hydrogen (secondary N) is 1. The fraction of sp³-hybridized carbons (Fsp3) is 0.286. The van der Waals surface area contributed by atoms with Crippen molar-refractivity contribution in [2.45, 2.75) is 31.9 Å². The number of hydrogen-bond donors (Lipinski definition) is 3. The van der Waals surface area contributed by atoms with E-state index in [1.54, 1.807) is 31.2 Å². The number of carboxylic acid groups (broad SMARTS) is 1. The molecule has 2 aromatic rings. The minimum Gasteiger partial charge on any atom is -0.474 e. The lowest BCUT2D eigenvalue weighted by atomic mass is 9.97. The minimum atomic E-state index is -1.68. The number of halogens is 2. The van der Waals surface area contributed by atoms with Gasteiger partial charge in [-0.3, -0.25) is 4.79 Å². The molecule has 0 spiro atoms. The minimum absolute atomic E-state index is 0.0730. The highest BCUT2D eigenvalue weighted by atomic mass is 35.5. The van der Waals surface area contributed by atoms with Crippen LogP contribution in [0.3, 0.4) is 0 Å². The van der Waals surface area contributed by atoms with Crippen molar-refractivity contribution in [2.24, 2.45) is 0 Å². The Morgan fingerprint density at radius 1 is 1.17 bits per heavy atom. The number of carbonyl (C=O) groups excluding carboxylic acids is 2. The number of rotatable bonds is 8. The smallest absolute Gasteiger partial charge is 0.394 e. The molecule has 0 fully saturated rings. The molecule has 160 valence electrons. The van der Waals surface area contributed by atoms with Gasteiger partial charge in [-0.25, -0.2) is 14.0 Å². The van der Waals surface area contributed by atoms with Crippen LogP contribution in [0, 0.1) is 5.82 Å². The molecule has 0 aromatic heterocycles. The van der Waals surface area contributed by atoms with Crippen molar-refractivity contribution in [1.82, 2.24) is 5.32 Å². The molecule has 0 unspecified atom stereocenters. The van der Waals surface area contributed by atoms with Gasteiger partial charge in [-0.1, -0.05) is 35.9 Å². The summed E-state index contributed by atoms with van der Waals surface area (Å²) < 4.78 is 18.8. The molecule has 3 N–H and O–H groups in total. The maximum absolute atomic E-state index is 14.0. The molecule has 9 heteroatoms. The van der Waals surface area contributed by atoms with Crippen LogP contribution in [-0.4, -0.2) is 46.8 Å². The van der Waals surface area contributed by atoms with Crippen LogP contribution in [0.15, 0.2) is 42.5 Å². The van der Waals surface area contributed by atoms with Crippen LogP contribution in [0.5, 0.6) is 0 Å². The van der Waals surface area contributed by atoms with Crippen LogP contribution in [0.25, 0.3) is 11.1 Å². The molecule has 0 saturated heterocycles. The number of amides is 1. The van der Waals surface area contributed by atoms with Gasteiger partial charge in [0.2, 0.25) is 0 Å². The van der Waals surface area contributed by atoms with Gasteiger partial charge < -0.3 is 20.3 Å². The van der Waals surface area contributed by atoms with Gasteiger partial charge in [0.05, 0.1) is 6.61 Å². The fourth-order valence-electron chi connectivity index (χ4n) is 2.87. The molecule has 30 heavy (non-hydrogen) atoms. The van der Waals surface area contributed by atoms with Gasteiger partial charge in [0, 0.05) is 23.0 Å². The van der Waals surface area contributed by atoms with Crippen LogP contribution >= 0.6 is 11.6 Å². The SMILES string of the molecule is CCOC(=O)[C@H](O)C[C@@H](Cc1ccc(-c2cc(Cl)ccc2F)cc1)NC(=O)C(=O)O. The molecule has 7 nitrogen and oxygen atoms in total. The van der Waals surface area contributed by atoms with Gasteiger partial charge in [0.1, 0.15) is 5.82 Å². The quantitative estimate of drug-likeness (QED) is 0.432. The van der Waals surface area contributed by atoms with E-state index in [0.29, 0.717) is 21.7 Å². The molecule has 2 atom stereocenters. The lowest BCUT2D eigenvalue weighted by Gasteiger charge is -2.20. The first-order chi connectivity index (χ1) is 14.2. The first kappa shape index (κ1) is 23.3. The number of benzene rings is 2. The molecule has 0 radical (unpaired) electrons. The maximum atomic E-state index is 14.0. The first-order valence-corrected chi connectivity index (χ1v) is 9.52. The van der Waals surface area contributed by atoms with E-state index in [1.165, 1.54) is 18.2 Å². The molecular formula is C21H21ClFNO6. The Balaban J connectivity index is 2.17. The molecule has 1 amide bonds. The summed E-state index contributed by atoms with van der Waals surface area (Å²) in [6, 6.07) is 10.0. The Labute approximate surface area is 177 Å². The van der Waals surface area contributed by atoms with Gasteiger partial charge in [0.25, 0.3) is 0 Å². The normalized spacial score (nSPS) is 12.7. The highest BCUT2D eigenvalue weighted by Crippen LogP contribution is 2.26. The van der Waals surface area contributed by atoms with Crippen LogP contribution in [0.2, 0.25) is 5.02 Å². The van der Waals surface area contributed by atoms with E-state index < -0.39 is 35.8 Å². The van der Waals surface area contributed by atoms with Crippen LogP contribution < -0.4 is 5.32 Å². The number of esters is 1. The van der Waals surface area contributed by atoms with Gasteiger partial charge in [-0.2, -0.15) is 0 Å². The van der Waals surface area contributed by atoms with E-state index in [4.69, 9.17) is 21.4 Å². The maximum Gasteiger partial charge on any atom is 0.394 e. The van der Waals surface area contributed by atoms with Crippen LogP contribution in [-0.2, 0) is 25.5 Å². The average Bonchev–Trinajstić information content (AvgIpc) is 2.70. The monoisotopic (exact) mass is 437 g/mol. The second-order valence-electron chi connectivity index (χ2n) is 6.50. The van der Waals surface area contributed by atoms with E-state index in [1.807, 2.05) is 0 Å². The number of carboxylic acids is 1. The Bertz CT molecular complexity index is 918. The Kier molecular flexibility index (Phi) is 8.32. The Hall–Kier alpha value is -2.97. The number of aliphatic carboxylic acids is 1. The zero-order valence-corrected chi connectivity index (χ0v) is 16.9. The number of carbonyl (C=O) groups is 3.